The number of pyridine rings is 1. The van der Waals surface area contributed by atoms with Crippen molar-refractivity contribution in [2.24, 2.45) is 0 Å². The number of hydrogen-bond donors (Lipinski definition) is 0. The predicted octanol–water partition coefficient (Wildman–Crippen LogP) is 3.75. The van der Waals surface area contributed by atoms with E-state index in [0.717, 1.165) is 13.0 Å². The molecule has 0 bridgehead atoms. The second-order valence-electron chi connectivity index (χ2n) is 5.41. The quantitative estimate of drug-likeness (QED) is 0.846. The van der Waals surface area contributed by atoms with Gasteiger partial charge in [0, 0.05) is 24.7 Å². The second-order valence-corrected chi connectivity index (χ2v) is 5.84. The fraction of sp³-hybridized carbons (Fsp3) is 0.294. The van der Waals surface area contributed by atoms with E-state index in [4.69, 9.17) is 11.6 Å². The van der Waals surface area contributed by atoms with Gasteiger partial charge in [-0.15, -0.1) is 0 Å². The van der Waals surface area contributed by atoms with Crippen molar-refractivity contribution in [2.75, 3.05) is 6.54 Å². The summed E-state index contributed by atoms with van der Waals surface area (Å²) in [5, 5.41) is 0.545. The topological polar surface area (TPSA) is 33.2 Å². The van der Waals surface area contributed by atoms with E-state index in [0.29, 0.717) is 16.6 Å². The molecular weight excluding hydrogens is 284 g/mol. The number of likely N-dealkylation sites (tertiary alicyclic amines) is 1. The molecule has 3 rings (SSSR count). The first-order valence-electron chi connectivity index (χ1n) is 7.14. The molecule has 2 aromatic rings. The van der Waals surface area contributed by atoms with E-state index in [9.17, 15) is 4.79 Å². The van der Waals surface area contributed by atoms with Crippen LogP contribution in [0.4, 0.5) is 0 Å². The van der Waals surface area contributed by atoms with Gasteiger partial charge in [-0.25, -0.2) is 4.98 Å². The molecule has 1 aliphatic rings. The Bertz CT molecular complexity index is 627. The summed E-state index contributed by atoms with van der Waals surface area (Å²) in [6.45, 7) is 2.88. The van der Waals surface area contributed by atoms with E-state index in [1.54, 1.807) is 12.1 Å². The highest BCUT2D eigenvalue weighted by Gasteiger charge is 2.35. The Hall–Kier alpha value is -1.87. The predicted molar refractivity (Wildman–Crippen MR) is 83.5 cm³/mol. The van der Waals surface area contributed by atoms with Crippen molar-refractivity contribution in [2.45, 2.75) is 25.3 Å². The van der Waals surface area contributed by atoms with Crippen LogP contribution in [0.25, 0.3) is 0 Å². The molecule has 0 radical (unpaired) electrons. The van der Waals surface area contributed by atoms with Crippen LogP contribution in [-0.2, 0) is 0 Å². The smallest absolute Gasteiger partial charge is 0.272 e. The van der Waals surface area contributed by atoms with Crippen LogP contribution < -0.4 is 0 Å². The van der Waals surface area contributed by atoms with Crippen LogP contribution >= 0.6 is 11.6 Å². The molecule has 3 nitrogen and oxygen atoms in total. The molecule has 1 aliphatic heterocycles. The van der Waals surface area contributed by atoms with Crippen molar-refractivity contribution < 1.29 is 4.79 Å². The lowest BCUT2D eigenvalue weighted by Crippen LogP contribution is -2.35. The Kier molecular flexibility index (Phi) is 3.93. The van der Waals surface area contributed by atoms with E-state index in [1.165, 1.54) is 11.8 Å². The molecule has 1 saturated heterocycles. The molecule has 1 aromatic carbocycles. The Balaban J connectivity index is 1.79. The molecule has 0 spiro atoms. The number of amides is 1. The van der Waals surface area contributed by atoms with E-state index in [-0.39, 0.29) is 11.9 Å². The average molecular weight is 301 g/mol. The Morgan fingerprint density at radius 2 is 2.00 bits per heavy atom. The zero-order valence-electron chi connectivity index (χ0n) is 11.9. The van der Waals surface area contributed by atoms with Gasteiger partial charge in [-0.3, -0.25) is 4.79 Å². The fourth-order valence-corrected chi connectivity index (χ4v) is 3.13. The van der Waals surface area contributed by atoms with Crippen LogP contribution in [0.1, 0.15) is 35.3 Å². The summed E-state index contributed by atoms with van der Waals surface area (Å²) >= 11 is 5.82. The van der Waals surface area contributed by atoms with Gasteiger partial charge < -0.3 is 4.90 Å². The Morgan fingerprint density at radius 1 is 1.24 bits per heavy atom. The minimum atomic E-state index is -0.0161. The molecule has 0 N–H and O–H groups in total. The van der Waals surface area contributed by atoms with Gasteiger partial charge in [0.15, 0.2) is 0 Å². The minimum absolute atomic E-state index is 0.0161. The number of carbonyl (C=O) groups is 1. The van der Waals surface area contributed by atoms with E-state index < -0.39 is 0 Å². The third-order valence-electron chi connectivity index (χ3n) is 4.19. The normalized spacial score (nSPS) is 21.5. The maximum absolute atomic E-state index is 12.6. The summed E-state index contributed by atoms with van der Waals surface area (Å²) in [6, 6.07) is 14.0. The lowest BCUT2D eigenvalue weighted by atomic mass is 9.93. The monoisotopic (exact) mass is 300 g/mol. The molecule has 1 aromatic heterocycles. The van der Waals surface area contributed by atoms with Crippen LogP contribution in [0.15, 0.2) is 48.7 Å². The van der Waals surface area contributed by atoms with Gasteiger partial charge in [0.25, 0.3) is 5.91 Å². The van der Waals surface area contributed by atoms with Crippen LogP contribution in [0, 0.1) is 0 Å². The number of benzene rings is 1. The molecular formula is C17H17ClN2O. The van der Waals surface area contributed by atoms with Crippen molar-refractivity contribution in [3.8, 4) is 0 Å². The molecule has 2 atom stereocenters. The molecule has 0 unspecified atom stereocenters. The minimum Gasteiger partial charge on any atom is -0.334 e. The maximum atomic E-state index is 12.6. The van der Waals surface area contributed by atoms with Crippen LogP contribution in [-0.4, -0.2) is 28.4 Å². The van der Waals surface area contributed by atoms with Crippen molar-refractivity contribution in [3.05, 3.63) is 64.9 Å². The SMILES string of the molecule is C[C@H]1[C@@H](c2ccccc2)CCN1C(=O)c1ccc(Cl)cn1. The van der Waals surface area contributed by atoms with E-state index in [2.05, 4.69) is 24.0 Å². The highest BCUT2D eigenvalue weighted by atomic mass is 35.5. The van der Waals surface area contributed by atoms with Crippen molar-refractivity contribution in [1.29, 1.82) is 0 Å². The van der Waals surface area contributed by atoms with Gasteiger partial charge in [-0.1, -0.05) is 41.9 Å². The summed E-state index contributed by atoms with van der Waals surface area (Å²) in [6.07, 6.45) is 2.51. The number of halogens is 1. The largest absolute Gasteiger partial charge is 0.334 e. The number of hydrogen-bond acceptors (Lipinski definition) is 2. The molecule has 0 aliphatic carbocycles. The van der Waals surface area contributed by atoms with Crippen molar-refractivity contribution in [1.82, 2.24) is 9.88 Å². The summed E-state index contributed by atoms with van der Waals surface area (Å²) in [5.74, 6) is 0.375. The van der Waals surface area contributed by atoms with Crippen molar-refractivity contribution in [3.63, 3.8) is 0 Å². The molecule has 4 heteroatoms. The number of rotatable bonds is 2. The lowest BCUT2D eigenvalue weighted by Gasteiger charge is -2.24. The molecule has 108 valence electrons. The average Bonchev–Trinajstić information content (AvgIpc) is 2.90. The van der Waals surface area contributed by atoms with Crippen LogP contribution in [0.2, 0.25) is 5.02 Å². The Morgan fingerprint density at radius 3 is 2.67 bits per heavy atom. The van der Waals surface area contributed by atoms with Gasteiger partial charge in [-0.2, -0.15) is 0 Å². The Labute approximate surface area is 129 Å². The standard InChI is InChI=1S/C17H17ClN2O/c1-12-15(13-5-3-2-4-6-13)9-10-20(12)17(21)16-8-7-14(18)11-19-16/h2-8,11-12,15H,9-10H2,1H3/t12-,15-/m0/s1. The zero-order chi connectivity index (χ0) is 14.8. The van der Waals surface area contributed by atoms with Gasteiger partial charge in [0.1, 0.15) is 5.69 Å². The molecule has 21 heavy (non-hydrogen) atoms. The molecule has 2 heterocycles. The first kappa shape index (κ1) is 14.1. The van der Waals surface area contributed by atoms with Crippen molar-refractivity contribution >= 4 is 17.5 Å². The molecule has 0 saturated carbocycles. The molecule has 1 fully saturated rings. The lowest BCUT2D eigenvalue weighted by molar-refractivity contribution is 0.0736. The third-order valence-corrected chi connectivity index (χ3v) is 4.41. The highest BCUT2D eigenvalue weighted by Crippen LogP contribution is 2.33. The van der Waals surface area contributed by atoms with Gasteiger partial charge >= 0.3 is 0 Å². The maximum Gasteiger partial charge on any atom is 0.272 e. The summed E-state index contributed by atoms with van der Waals surface area (Å²) in [5.41, 5.74) is 1.75. The van der Waals surface area contributed by atoms with E-state index >= 15 is 0 Å². The summed E-state index contributed by atoms with van der Waals surface area (Å²) in [4.78, 5) is 18.6. The third kappa shape index (κ3) is 2.79. The molecule has 1 amide bonds. The zero-order valence-corrected chi connectivity index (χ0v) is 12.6. The fourth-order valence-electron chi connectivity index (χ4n) is 3.02. The number of carbonyl (C=O) groups excluding carboxylic acids is 1. The van der Waals surface area contributed by atoms with Gasteiger partial charge in [0.2, 0.25) is 0 Å². The second kappa shape index (κ2) is 5.86. The van der Waals surface area contributed by atoms with Gasteiger partial charge in [0.05, 0.1) is 5.02 Å². The number of aromatic nitrogens is 1. The summed E-state index contributed by atoms with van der Waals surface area (Å²) < 4.78 is 0. The first-order valence-corrected chi connectivity index (χ1v) is 7.52. The highest BCUT2D eigenvalue weighted by molar-refractivity contribution is 6.30. The van der Waals surface area contributed by atoms with Crippen LogP contribution in [0.5, 0.6) is 0 Å². The first-order chi connectivity index (χ1) is 10.2. The van der Waals surface area contributed by atoms with Gasteiger partial charge in [-0.05, 0) is 31.0 Å². The summed E-state index contributed by atoms with van der Waals surface area (Å²) in [7, 11) is 0. The van der Waals surface area contributed by atoms with E-state index in [1.807, 2.05) is 23.1 Å². The number of nitrogens with zero attached hydrogens (tertiary/aromatic N) is 2. The van der Waals surface area contributed by atoms with Crippen LogP contribution in [0.3, 0.4) is 0 Å².